The number of aromatic nitrogens is 4. The number of tetrazole rings is 1. The molecule has 1 aromatic heterocycles. The lowest BCUT2D eigenvalue weighted by molar-refractivity contribution is 0.439. The van der Waals surface area contributed by atoms with E-state index in [0.717, 1.165) is 11.1 Å². The van der Waals surface area contributed by atoms with Crippen LogP contribution in [0.2, 0.25) is 0 Å². The lowest BCUT2D eigenvalue weighted by Gasteiger charge is -2.11. The van der Waals surface area contributed by atoms with Crippen LogP contribution in [0.4, 0.5) is 0 Å². The van der Waals surface area contributed by atoms with Gasteiger partial charge in [-0.1, -0.05) is 0 Å². The molecule has 0 bridgehead atoms. The van der Waals surface area contributed by atoms with Crippen LogP contribution in [-0.2, 0) is 6.54 Å². The van der Waals surface area contributed by atoms with Crippen molar-refractivity contribution in [3.8, 4) is 0 Å². The largest absolute Gasteiger partial charge is 0.324 e. The first kappa shape index (κ1) is 9.92. The average Bonchev–Trinajstić information content (AvgIpc) is 2.85. The van der Waals surface area contributed by atoms with Crippen molar-refractivity contribution in [3.05, 3.63) is 5.82 Å². The monoisotopic (exact) mass is 213 g/mol. The molecule has 0 aromatic carbocycles. The molecule has 2 atom stereocenters. The highest BCUT2D eigenvalue weighted by molar-refractivity contribution is 7.99. The van der Waals surface area contributed by atoms with Crippen LogP contribution in [0.3, 0.4) is 0 Å². The number of rotatable bonds is 3. The van der Waals surface area contributed by atoms with Gasteiger partial charge in [0.2, 0.25) is 0 Å². The lowest BCUT2D eigenvalue weighted by Crippen LogP contribution is -2.14. The van der Waals surface area contributed by atoms with Crippen molar-refractivity contribution in [1.29, 1.82) is 0 Å². The summed E-state index contributed by atoms with van der Waals surface area (Å²) in [4.78, 5) is 0. The zero-order chi connectivity index (χ0) is 9.97. The van der Waals surface area contributed by atoms with Crippen LogP contribution in [0.5, 0.6) is 0 Å². The van der Waals surface area contributed by atoms with Crippen molar-refractivity contribution in [1.82, 2.24) is 20.2 Å². The Balaban J connectivity index is 2.09. The van der Waals surface area contributed by atoms with E-state index in [1.54, 1.807) is 0 Å². The number of hydrogen-bond acceptors (Lipinski definition) is 5. The molecule has 2 rings (SSSR count). The van der Waals surface area contributed by atoms with Gasteiger partial charge in [-0.2, -0.15) is 11.8 Å². The third-order valence-electron chi connectivity index (χ3n) is 2.78. The molecule has 0 saturated heterocycles. The van der Waals surface area contributed by atoms with Crippen molar-refractivity contribution < 1.29 is 0 Å². The molecule has 0 amide bonds. The topological polar surface area (TPSA) is 69.6 Å². The summed E-state index contributed by atoms with van der Waals surface area (Å²) in [5, 5.41) is 12.3. The summed E-state index contributed by atoms with van der Waals surface area (Å²) >= 11 is 1.93. The van der Waals surface area contributed by atoms with Crippen molar-refractivity contribution >= 4 is 11.8 Å². The molecular formula is C8H15N5S. The first-order valence-corrected chi connectivity index (χ1v) is 6.13. The summed E-state index contributed by atoms with van der Waals surface area (Å²) in [6.07, 6.45) is 5.76. The van der Waals surface area contributed by atoms with Crippen LogP contribution < -0.4 is 5.73 Å². The van der Waals surface area contributed by atoms with Gasteiger partial charge in [-0.15, -0.1) is 5.10 Å². The Labute approximate surface area is 87.4 Å². The third-order valence-corrected chi connectivity index (χ3v) is 3.87. The minimum atomic E-state index is 0.424. The van der Waals surface area contributed by atoms with Gasteiger partial charge in [0.25, 0.3) is 0 Å². The lowest BCUT2D eigenvalue weighted by atomic mass is 10.2. The highest BCUT2D eigenvalue weighted by Crippen LogP contribution is 2.35. The SMILES string of the molecule is CSC1CCC(n2nnnc2CN)C1. The van der Waals surface area contributed by atoms with Gasteiger partial charge in [0.1, 0.15) is 0 Å². The standard InChI is InChI=1S/C8H15N5S/c1-14-7-3-2-6(4-7)13-8(5-9)10-11-12-13/h6-7H,2-5,9H2,1H3. The Hall–Kier alpha value is -0.620. The summed E-state index contributed by atoms with van der Waals surface area (Å²) in [6, 6.07) is 0.459. The first-order valence-electron chi connectivity index (χ1n) is 4.84. The summed E-state index contributed by atoms with van der Waals surface area (Å²) in [5.74, 6) is 0.803. The molecule has 1 aliphatic carbocycles. The molecule has 2 unspecified atom stereocenters. The molecule has 1 saturated carbocycles. The van der Waals surface area contributed by atoms with Gasteiger partial charge in [-0.25, -0.2) is 4.68 Å². The second-order valence-corrected chi connectivity index (χ2v) is 4.71. The van der Waals surface area contributed by atoms with Crippen molar-refractivity contribution in [2.75, 3.05) is 6.26 Å². The number of nitrogens with zero attached hydrogens (tertiary/aromatic N) is 4. The predicted molar refractivity (Wildman–Crippen MR) is 55.9 cm³/mol. The van der Waals surface area contributed by atoms with Gasteiger partial charge in [0.15, 0.2) is 5.82 Å². The van der Waals surface area contributed by atoms with E-state index in [2.05, 4.69) is 21.8 Å². The molecule has 2 N–H and O–H groups in total. The van der Waals surface area contributed by atoms with Gasteiger partial charge in [0.05, 0.1) is 12.6 Å². The Morgan fingerprint density at radius 1 is 1.57 bits per heavy atom. The molecular weight excluding hydrogens is 198 g/mol. The van der Waals surface area contributed by atoms with E-state index in [1.165, 1.54) is 19.3 Å². The molecule has 1 aliphatic rings. The minimum Gasteiger partial charge on any atom is -0.324 e. The average molecular weight is 213 g/mol. The van der Waals surface area contributed by atoms with Crippen molar-refractivity contribution in [2.45, 2.75) is 37.1 Å². The van der Waals surface area contributed by atoms with Gasteiger partial charge >= 0.3 is 0 Å². The van der Waals surface area contributed by atoms with E-state index < -0.39 is 0 Å². The second-order valence-electron chi connectivity index (χ2n) is 3.57. The number of thioether (sulfide) groups is 1. The van der Waals surface area contributed by atoms with Crippen LogP contribution in [0, 0.1) is 0 Å². The van der Waals surface area contributed by atoms with Gasteiger partial charge in [-0.05, 0) is 35.9 Å². The maximum absolute atomic E-state index is 5.56. The summed E-state index contributed by atoms with van der Waals surface area (Å²) in [7, 11) is 0. The predicted octanol–water partition coefficient (Wildman–Crippen LogP) is 0.588. The Kier molecular flexibility index (Phi) is 3.02. The van der Waals surface area contributed by atoms with E-state index in [0.29, 0.717) is 12.6 Å². The highest BCUT2D eigenvalue weighted by Gasteiger charge is 2.27. The van der Waals surface area contributed by atoms with Crippen LogP contribution in [0.1, 0.15) is 31.1 Å². The maximum Gasteiger partial charge on any atom is 0.165 e. The van der Waals surface area contributed by atoms with Crippen LogP contribution in [-0.4, -0.2) is 31.7 Å². The third kappa shape index (κ3) is 1.76. The molecule has 1 aromatic rings. The second kappa shape index (κ2) is 4.27. The maximum atomic E-state index is 5.56. The van der Waals surface area contributed by atoms with E-state index in [9.17, 15) is 0 Å². The molecule has 1 fully saturated rings. The quantitative estimate of drug-likeness (QED) is 0.795. The van der Waals surface area contributed by atoms with Crippen LogP contribution >= 0.6 is 11.8 Å². The summed E-state index contributed by atoms with van der Waals surface area (Å²) < 4.78 is 1.90. The fraction of sp³-hybridized carbons (Fsp3) is 0.875. The van der Waals surface area contributed by atoms with Crippen LogP contribution in [0.25, 0.3) is 0 Å². The Bertz CT molecular complexity index is 300. The van der Waals surface area contributed by atoms with Crippen LogP contribution in [0.15, 0.2) is 0 Å². The molecule has 14 heavy (non-hydrogen) atoms. The minimum absolute atomic E-state index is 0.424. The zero-order valence-corrected chi connectivity index (χ0v) is 9.07. The van der Waals surface area contributed by atoms with E-state index in [-0.39, 0.29) is 0 Å². The normalized spacial score (nSPS) is 27.0. The summed E-state index contributed by atoms with van der Waals surface area (Å²) in [5.41, 5.74) is 5.56. The fourth-order valence-electron chi connectivity index (χ4n) is 1.98. The number of hydrogen-bond donors (Lipinski definition) is 1. The van der Waals surface area contributed by atoms with Gasteiger partial charge in [0, 0.05) is 5.25 Å². The summed E-state index contributed by atoms with van der Waals surface area (Å²) in [6.45, 7) is 0.424. The smallest absolute Gasteiger partial charge is 0.165 e. The first-order chi connectivity index (χ1) is 6.85. The van der Waals surface area contributed by atoms with Crippen molar-refractivity contribution in [2.24, 2.45) is 5.73 Å². The van der Waals surface area contributed by atoms with E-state index in [4.69, 9.17) is 5.73 Å². The molecule has 78 valence electrons. The molecule has 1 heterocycles. The molecule has 0 spiro atoms. The van der Waals surface area contributed by atoms with E-state index >= 15 is 0 Å². The molecule has 5 nitrogen and oxygen atoms in total. The molecule has 6 heteroatoms. The zero-order valence-electron chi connectivity index (χ0n) is 8.26. The Morgan fingerprint density at radius 2 is 2.43 bits per heavy atom. The molecule has 0 radical (unpaired) electrons. The molecule has 0 aliphatic heterocycles. The van der Waals surface area contributed by atoms with Gasteiger partial charge in [-0.3, -0.25) is 0 Å². The Morgan fingerprint density at radius 3 is 3.07 bits per heavy atom. The number of nitrogens with two attached hydrogens (primary N) is 1. The van der Waals surface area contributed by atoms with Crippen molar-refractivity contribution in [3.63, 3.8) is 0 Å². The highest BCUT2D eigenvalue weighted by atomic mass is 32.2. The van der Waals surface area contributed by atoms with Gasteiger partial charge < -0.3 is 5.73 Å². The van der Waals surface area contributed by atoms with E-state index in [1.807, 2.05) is 16.4 Å². The fourth-order valence-corrected chi connectivity index (χ4v) is 2.77.